The smallest absolute Gasteiger partial charge is 0.230 e. The summed E-state index contributed by atoms with van der Waals surface area (Å²) in [6, 6.07) is 14.4. The van der Waals surface area contributed by atoms with Gasteiger partial charge in [0.25, 0.3) is 0 Å². The molecule has 1 aliphatic carbocycles. The number of halogens is 2. The van der Waals surface area contributed by atoms with Crippen LogP contribution in [0.4, 0.5) is 0 Å². The van der Waals surface area contributed by atoms with Crippen LogP contribution in [0.25, 0.3) is 0 Å². The van der Waals surface area contributed by atoms with Crippen molar-refractivity contribution in [1.82, 2.24) is 5.32 Å². The molecule has 5 heteroatoms. The highest BCUT2D eigenvalue weighted by atomic mass is 35.5. The molecule has 2 aromatic rings. The minimum absolute atomic E-state index is 0.0622. The quantitative estimate of drug-likeness (QED) is 0.860. The fourth-order valence-electron chi connectivity index (χ4n) is 2.72. The van der Waals surface area contributed by atoms with Crippen molar-refractivity contribution < 1.29 is 9.90 Å². The molecule has 2 N–H and O–H groups in total. The second-order valence-corrected chi connectivity index (χ2v) is 6.74. The molecule has 1 saturated carbocycles. The Balaban J connectivity index is 1.64. The highest BCUT2D eigenvalue weighted by molar-refractivity contribution is 6.30. The summed E-state index contributed by atoms with van der Waals surface area (Å²) in [5.74, 6) is -0.0622. The fourth-order valence-corrected chi connectivity index (χ4v) is 3.04. The van der Waals surface area contributed by atoms with Gasteiger partial charge in [0.05, 0.1) is 11.5 Å². The Morgan fingerprint density at radius 3 is 2.43 bits per heavy atom. The Kier molecular flexibility index (Phi) is 4.62. The number of carbonyl (C=O) groups is 1. The van der Waals surface area contributed by atoms with Crippen LogP contribution in [-0.2, 0) is 10.2 Å². The first-order valence-electron chi connectivity index (χ1n) is 7.49. The van der Waals surface area contributed by atoms with Crippen LogP contribution in [0, 0.1) is 0 Å². The van der Waals surface area contributed by atoms with Crippen molar-refractivity contribution in [3.8, 4) is 0 Å². The van der Waals surface area contributed by atoms with Gasteiger partial charge in [0.1, 0.15) is 0 Å². The maximum Gasteiger partial charge on any atom is 0.230 e. The zero-order valence-electron chi connectivity index (χ0n) is 12.4. The van der Waals surface area contributed by atoms with E-state index in [0.29, 0.717) is 10.0 Å². The van der Waals surface area contributed by atoms with Crippen LogP contribution in [0.3, 0.4) is 0 Å². The van der Waals surface area contributed by atoms with Gasteiger partial charge in [-0.2, -0.15) is 0 Å². The lowest BCUT2D eigenvalue weighted by atomic mass is 9.95. The summed E-state index contributed by atoms with van der Waals surface area (Å²) in [5, 5.41) is 14.3. The van der Waals surface area contributed by atoms with Crippen molar-refractivity contribution in [2.45, 2.75) is 24.4 Å². The maximum atomic E-state index is 12.5. The number of hydrogen-bond acceptors (Lipinski definition) is 2. The lowest BCUT2D eigenvalue weighted by molar-refractivity contribution is -0.124. The molecule has 23 heavy (non-hydrogen) atoms. The lowest BCUT2D eigenvalue weighted by Crippen LogP contribution is -2.37. The second kappa shape index (κ2) is 6.52. The van der Waals surface area contributed by atoms with E-state index in [1.165, 1.54) is 0 Å². The minimum atomic E-state index is -0.758. The first-order valence-corrected chi connectivity index (χ1v) is 8.25. The van der Waals surface area contributed by atoms with Gasteiger partial charge in [-0.25, -0.2) is 0 Å². The van der Waals surface area contributed by atoms with Gasteiger partial charge in [0.15, 0.2) is 0 Å². The molecule has 1 atom stereocenters. The summed E-state index contributed by atoms with van der Waals surface area (Å²) in [6.07, 6.45) is 0.846. The van der Waals surface area contributed by atoms with Gasteiger partial charge in [-0.05, 0) is 48.2 Å². The number of benzene rings is 2. The van der Waals surface area contributed by atoms with Crippen molar-refractivity contribution in [1.29, 1.82) is 0 Å². The van der Waals surface area contributed by atoms with Gasteiger partial charge in [0.2, 0.25) is 5.91 Å². The van der Waals surface area contributed by atoms with Crippen LogP contribution in [0.15, 0.2) is 48.5 Å². The van der Waals surface area contributed by atoms with E-state index in [2.05, 4.69) is 5.32 Å². The van der Waals surface area contributed by atoms with Crippen molar-refractivity contribution in [2.24, 2.45) is 0 Å². The molecular formula is C18H17Cl2NO2. The van der Waals surface area contributed by atoms with Crippen LogP contribution in [0.1, 0.15) is 30.1 Å². The fraction of sp³-hybridized carbons (Fsp3) is 0.278. The van der Waals surface area contributed by atoms with Gasteiger partial charge in [-0.15, -0.1) is 0 Å². The standard InChI is InChI=1S/C18H17Cl2NO2/c19-14-6-4-12(5-7-14)16(22)11-21-17(23)18(8-9-18)13-2-1-3-15(20)10-13/h1-7,10,16,22H,8-9,11H2,(H,21,23). The Labute approximate surface area is 145 Å². The van der Waals surface area contributed by atoms with E-state index in [0.717, 1.165) is 24.0 Å². The lowest BCUT2D eigenvalue weighted by Gasteiger charge is -2.18. The van der Waals surface area contributed by atoms with Gasteiger partial charge >= 0.3 is 0 Å². The molecule has 0 heterocycles. The topological polar surface area (TPSA) is 49.3 Å². The molecule has 3 rings (SSSR count). The van der Waals surface area contributed by atoms with E-state index < -0.39 is 11.5 Å². The van der Waals surface area contributed by atoms with E-state index in [1.807, 2.05) is 18.2 Å². The van der Waals surface area contributed by atoms with Crippen LogP contribution in [-0.4, -0.2) is 17.6 Å². The number of amides is 1. The third-order valence-electron chi connectivity index (χ3n) is 4.27. The molecule has 1 amide bonds. The highest BCUT2D eigenvalue weighted by Gasteiger charge is 2.51. The predicted molar refractivity (Wildman–Crippen MR) is 91.8 cm³/mol. The van der Waals surface area contributed by atoms with E-state index in [9.17, 15) is 9.90 Å². The molecule has 0 spiro atoms. The number of aliphatic hydroxyl groups excluding tert-OH is 1. The molecule has 1 fully saturated rings. The molecule has 0 aliphatic heterocycles. The summed E-state index contributed by atoms with van der Waals surface area (Å²) in [5.41, 5.74) is 1.16. The number of rotatable bonds is 5. The zero-order chi connectivity index (χ0) is 16.4. The molecule has 1 aliphatic rings. The van der Waals surface area contributed by atoms with Gasteiger partial charge in [-0.3, -0.25) is 4.79 Å². The van der Waals surface area contributed by atoms with Gasteiger partial charge in [0, 0.05) is 16.6 Å². The van der Waals surface area contributed by atoms with Crippen molar-refractivity contribution >= 4 is 29.1 Å². The number of carbonyl (C=O) groups excluding carboxylic acids is 1. The highest BCUT2D eigenvalue weighted by Crippen LogP contribution is 2.48. The third kappa shape index (κ3) is 3.52. The van der Waals surface area contributed by atoms with Crippen LogP contribution >= 0.6 is 23.2 Å². The number of aliphatic hydroxyl groups is 1. The summed E-state index contributed by atoms with van der Waals surface area (Å²) in [6.45, 7) is 0.169. The average Bonchev–Trinajstić information content (AvgIpc) is 3.35. The summed E-state index contributed by atoms with van der Waals surface area (Å²) < 4.78 is 0. The number of nitrogens with one attached hydrogen (secondary N) is 1. The molecular weight excluding hydrogens is 333 g/mol. The van der Waals surface area contributed by atoms with Crippen LogP contribution < -0.4 is 5.32 Å². The second-order valence-electron chi connectivity index (χ2n) is 5.87. The van der Waals surface area contributed by atoms with Gasteiger partial charge in [-0.1, -0.05) is 47.5 Å². The van der Waals surface area contributed by atoms with E-state index in [4.69, 9.17) is 23.2 Å². The molecule has 0 saturated heterocycles. The van der Waals surface area contributed by atoms with E-state index in [1.54, 1.807) is 30.3 Å². The Morgan fingerprint density at radius 2 is 1.83 bits per heavy atom. The normalized spacial score (nSPS) is 16.7. The largest absolute Gasteiger partial charge is 0.387 e. The van der Waals surface area contributed by atoms with Crippen molar-refractivity contribution in [3.63, 3.8) is 0 Å². The summed E-state index contributed by atoms with van der Waals surface area (Å²) in [4.78, 5) is 12.5. The van der Waals surface area contributed by atoms with Crippen LogP contribution in [0.5, 0.6) is 0 Å². The first-order chi connectivity index (χ1) is 11.0. The van der Waals surface area contributed by atoms with Crippen LogP contribution in [0.2, 0.25) is 10.0 Å². The van der Waals surface area contributed by atoms with E-state index in [-0.39, 0.29) is 12.5 Å². The molecule has 0 radical (unpaired) electrons. The first kappa shape index (κ1) is 16.3. The Hall–Kier alpha value is -1.55. The molecule has 120 valence electrons. The molecule has 2 aromatic carbocycles. The Morgan fingerprint density at radius 1 is 1.13 bits per heavy atom. The molecule has 3 nitrogen and oxygen atoms in total. The molecule has 0 bridgehead atoms. The monoisotopic (exact) mass is 349 g/mol. The molecule has 1 unspecified atom stereocenters. The zero-order valence-corrected chi connectivity index (χ0v) is 13.9. The summed E-state index contributed by atoms with van der Waals surface area (Å²) in [7, 11) is 0. The molecule has 0 aromatic heterocycles. The Bertz CT molecular complexity index is 711. The minimum Gasteiger partial charge on any atom is -0.387 e. The van der Waals surface area contributed by atoms with Crippen molar-refractivity contribution in [3.05, 3.63) is 69.7 Å². The van der Waals surface area contributed by atoms with E-state index >= 15 is 0 Å². The SMILES string of the molecule is O=C(NCC(O)c1ccc(Cl)cc1)C1(c2cccc(Cl)c2)CC1. The average molecular weight is 350 g/mol. The maximum absolute atomic E-state index is 12.5. The number of hydrogen-bond donors (Lipinski definition) is 2. The summed E-state index contributed by atoms with van der Waals surface area (Å²) >= 11 is 11.9. The van der Waals surface area contributed by atoms with Crippen molar-refractivity contribution in [2.75, 3.05) is 6.54 Å². The predicted octanol–water partition coefficient (Wildman–Crippen LogP) is 3.87. The van der Waals surface area contributed by atoms with Gasteiger partial charge < -0.3 is 10.4 Å². The third-order valence-corrected chi connectivity index (χ3v) is 4.76.